The van der Waals surface area contributed by atoms with Crippen LogP contribution in [0.15, 0.2) is 30.5 Å². The number of fused-ring (bicyclic) bond motifs is 1. The monoisotopic (exact) mass is 274 g/mol. The highest BCUT2D eigenvalue weighted by atomic mass is 16.5. The van der Waals surface area contributed by atoms with Gasteiger partial charge in [-0.15, -0.1) is 0 Å². The van der Waals surface area contributed by atoms with Crippen molar-refractivity contribution in [1.29, 1.82) is 0 Å². The van der Waals surface area contributed by atoms with Gasteiger partial charge in [-0.2, -0.15) is 0 Å². The summed E-state index contributed by atoms with van der Waals surface area (Å²) >= 11 is 0. The third-order valence-electron chi connectivity index (χ3n) is 3.43. The van der Waals surface area contributed by atoms with E-state index in [1.165, 1.54) is 22.9 Å². The third kappa shape index (κ3) is 3.84. The first-order chi connectivity index (χ1) is 9.72. The molecule has 1 aromatic heterocycles. The molecule has 0 saturated heterocycles. The van der Waals surface area contributed by atoms with Crippen LogP contribution in [0.25, 0.3) is 10.9 Å². The molecule has 0 aliphatic heterocycles. The maximum absolute atomic E-state index is 5.64. The zero-order valence-corrected chi connectivity index (χ0v) is 12.9. The Hall–Kier alpha value is -1.32. The van der Waals surface area contributed by atoms with E-state index in [2.05, 4.69) is 61.1 Å². The van der Waals surface area contributed by atoms with Crippen LogP contribution in [-0.2, 0) is 17.8 Å². The molecule has 3 heteroatoms. The van der Waals surface area contributed by atoms with Crippen molar-refractivity contribution in [2.45, 2.75) is 46.4 Å². The molecule has 0 saturated carbocycles. The summed E-state index contributed by atoms with van der Waals surface area (Å²) in [4.78, 5) is 0. The third-order valence-corrected chi connectivity index (χ3v) is 3.43. The van der Waals surface area contributed by atoms with Crippen molar-refractivity contribution in [2.75, 3.05) is 13.2 Å². The van der Waals surface area contributed by atoms with Gasteiger partial charge in [-0.1, -0.05) is 19.1 Å². The number of hydrogen-bond donors (Lipinski definition) is 1. The second kappa shape index (κ2) is 7.46. The lowest BCUT2D eigenvalue weighted by molar-refractivity contribution is 0.0733. The van der Waals surface area contributed by atoms with Crippen molar-refractivity contribution in [3.05, 3.63) is 36.0 Å². The Labute approximate surface area is 121 Å². The second-order valence-corrected chi connectivity index (χ2v) is 5.46. The second-order valence-electron chi connectivity index (χ2n) is 5.46. The molecule has 0 unspecified atom stereocenters. The van der Waals surface area contributed by atoms with Crippen LogP contribution in [-0.4, -0.2) is 23.8 Å². The molecule has 3 nitrogen and oxygen atoms in total. The molecule has 0 spiro atoms. The average Bonchev–Trinajstić information content (AvgIpc) is 2.83. The number of nitrogens with one attached hydrogen (secondary N) is 1. The maximum atomic E-state index is 5.64. The molecule has 0 bridgehead atoms. The van der Waals surface area contributed by atoms with Crippen LogP contribution in [0.4, 0.5) is 0 Å². The number of aromatic nitrogens is 1. The van der Waals surface area contributed by atoms with Crippen molar-refractivity contribution in [2.24, 2.45) is 0 Å². The number of rotatable bonds is 8. The van der Waals surface area contributed by atoms with Crippen molar-refractivity contribution in [3.63, 3.8) is 0 Å². The highest BCUT2D eigenvalue weighted by Gasteiger charge is 2.05. The molecule has 1 heterocycles. The van der Waals surface area contributed by atoms with Gasteiger partial charge in [-0.3, -0.25) is 0 Å². The number of hydrogen-bond acceptors (Lipinski definition) is 2. The summed E-state index contributed by atoms with van der Waals surface area (Å²) < 4.78 is 7.92. The molecular weight excluding hydrogens is 248 g/mol. The molecule has 0 amide bonds. The molecule has 1 N–H and O–H groups in total. The van der Waals surface area contributed by atoms with Gasteiger partial charge in [0.1, 0.15) is 0 Å². The largest absolute Gasteiger partial charge is 0.377 e. The SMILES string of the molecule is CCCNCc1cccc2c1ccn2CCOC(C)C. The summed E-state index contributed by atoms with van der Waals surface area (Å²) in [6.07, 6.45) is 3.63. The smallest absolute Gasteiger partial charge is 0.0649 e. The van der Waals surface area contributed by atoms with Gasteiger partial charge in [-0.25, -0.2) is 0 Å². The fourth-order valence-corrected chi connectivity index (χ4v) is 2.42. The number of nitrogens with zero attached hydrogens (tertiary/aromatic N) is 1. The topological polar surface area (TPSA) is 26.2 Å². The molecule has 0 aliphatic carbocycles. The van der Waals surface area contributed by atoms with E-state index in [0.717, 1.165) is 26.2 Å². The van der Waals surface area contributed by atoms with Crippen molar-refractivity contribution in [3.8, 4) is 0 Å². The van der Waals surface area contributed by atoms with Crippen LogP contribution >= 0.6 is 0 Å². The zero-order valence-electron chi connectivity index (χ0n) is 12.9. The van der Waals surface area contributed by atoms with Gasteiger partial charge >= 0.3 is 0 Å². The minimum absolute atomic E-state index is 0.297. The van der Waals surface area contributed by atoms with Crippen molar-refractivity contribution < 1.29 is 4.74 Å². The molecule has 1 aromatic carbocycles. The van der Waals surface area contributed by atoms with Gasteiger partial charge in [-0.05, 0) is 44.5 Å². The summed E-state index contributed by atoms with van der Waals surface area (Å²) in [5, 5.41) is 4.82. The van der Waals surface area contributed by atoms with E-state index in [1.807, 2.05) is 0 Å². The Morgan fingerprint density at radius 2 is 2.10 bits per heavy atom. The minimum atomic E-state index is 0.297. The van der Waals surface area contributed by atoms with Crippen molar-refractivity contribution in [1.82, 2.24) is 9.88 Å². The lowest BCUT2D eigenvalue weighted by Crippen LogP contribution is -2.14. The van der Waals surface area contributed by atoms with Crippen LogP contribution in [0.5, 0.6) is 0 Å². The minimum Gasteiger partial charge on any atom is -0.377 e. The van der Waals surface area contributed by atoms with Gasteiger partial charge in [0.2, 0.25) is 0 Å². The Morgan fingerprint density at radius 1 is 1.25 bits per heavy atom. The first-order valence-corrected chi connectivity index (χ1v) is 7.61. The zero-order chi connectivity index (χ0) is 14.4. The summed E-state index contributed by atoms with van der Waals surface area (Å²) in [5.74, 6) is 0. The van der Waals surface area contributed by atoms with E-state index in [-0.39, 0.29) is 0 Å². The quantitative estimate of drug-likeness (QED) is 0.745. The first kappa shape index (κ1) is 15.1. The number of ether oxygens (including phenoxy) is 1. The van der Waals surface area contributed by atoms with Crippen LogP contribution in [0, 0.1) is 0 Å². The molecule has 0 fully saturated rings. The maximum Gasteiger partial charge on any atom is 0.0649 e. The molecular formula is C17H26N2O. The normalized spacial score (nSPS) is 11.6. The summed E-state index contributed by atoms with van der Waals surface area (Å²) in [7, 11) is 0. The molecule has 0 aliphatic rings. The van der Waals surface area contributed by atoms with Gasteiger partial charge in [0.05, 0.1) is 12.7 Å². The van der Waals surface area contributed by atoms with E-state index >= 15 is 0 Å². The lowest BCUT2D eigenvalue weighted by Gasteiger charge is -2.10. The van der Waals surface area contributed by atoms with E-state index in [1.54, 1.807) is 0 Å². The van der Waals surface area contributed by atoms with E-state index in [4.69, 9.17) is 4.74 Å². The van der Waals surface area contributed by atoms with Gasteiger partial charge in [0, 0.05) is 30.2 Å². The van der Waals surface area contributed by atoms with Crippen LogP contribution in [0.1, 0.15) is 32.8 Å². The molecule has 110 valence electrons. The van der Waals surface area contributed by atoms with Gasteiger partial charge < -0.3 is 14.6 Å². The highest BCUT2D eigenvalue weighted by molar-refractivity contribution is 5.83. The van der Waals surface area contributed by atoms with Gasteiger partial charge in [0.15, 0.2) is 0 Å². The molecule has 0 radical (unpaired) electrons. The predicted octanol–water partition coefficient (Wildman–Crippen LogP) is 3.57. The van der Waals surface area contributed by atoms with Crippen LogP contribution in [0.2, 0.25) is 0 Å². The van der Waals surface area contributed by atoms with Crippen molar-refractivity contribution >= 4 is 10.9 Å². The highest BCUT2D eigenvalue weighted by Crippen LogP contribution is 2.20. The van der Waals surface area contributed by atoms with Crippen LogP contribution in [0.3, 0.4) is 0 Å². The van der Waals surface area contributed by atoms with Crippen LogP contribution < -0.4 is 5.32 Å². The average molecular weight is 274 g/mol. The summed E-state index contributed by atoms with van der Waals surface area (Å²) in [6.45, 7) is 10.0. The van der Waals surface area contributed by atoms with E-state index < -0.39 is 0 Å². The Bertz CT molecular complexity index is 531. The molecule has 0 atom stereocenters. The van der Waals surface area contributed by atoms with Gasteiger partial charge in [0.25, 0.3) is 0 Å². The Balaban J connectivity index is 2.08. The Morgan fingerprint density at radius 3 is 2.85 bits per heavy atom. The predicted molar refractivity (Wildman–Crippen MR) is 85.0 cm³/mol. The summed E-state index contributed by atoms with van der Waals surface area (Å²) in [5.41, 5.74) is 2.67. The molecule has 2 aromatic rings. The fraction of sp³-hybridized carbons (Fsp3) is 0.529. The summed E-state index contributed by atoms with van der Waals surface area (Å²) in [6, 6.07) is 8.76. The van der Waals surface area contributed by atoms with E-state index in [0.29, 0.717) is 6.10 Å². The number of benzene rings is 1. The lowest BCUT2D eigenvalue weighted by atomic mass is 10.1. The fourth-order valence-electron chi connectivity index (χ4n) is 2.42. The standard InChI is InChI=1S/C17H26N2O/c1-4-9-18-13-15-6-5-7-17-16(15)8-10-19(17)11-12-20-14(2)3/h5-8,10,14,18H,4,9,11-13H2,1-3H3. The molecule has 20 heavy (non-hydrogen) atoms. The first-order valence-electron chi connectivity index (χ1n) is 7.61. The van der Waals surface area contributed by atoms with E-state index in [9.17, 15) is 0 Å². The Kier molecular flexibility index (Phi) is 5.62. The molecule has 2 rings (SSSR count).